The number of nitrogens with zero attached hydrogens (tertiary/aromatic N) is 1. The Morgan fingerprint density at radius 2 is 1.59 bits per heavy atom. The van der Waals surface area contributed by atoms with Crippen LogP contribution in [0, 0.1) is 6.92 Å². The molecular formula is C23H33N3O3. The van der Waals surface area contributed by atoms with Gasteiger partial charge < -0.3 is 24.8 Å². The molecule has 0 radical (unpaired) electrons. The molecule has 0 aromatic heterocycles. The summed E-state index contributed by atoms with van der Waals surface area (Å²) in [5, 5.41) is 6.74. The third-order valence-corrected chi connectivity index (χ3v) is 4.71. The number of hydrogen-bond donors (Lipinski definition) is 2. The van der Waals surface area contributed by atoms with E-state index in [0.29, 0.717) is 29.7 Å². The first-order valence-electron chi connectivity index (χ1n) is 9.90. The second kappa shape index (κ2) is 11.2. The third-order valence-electron chi connectivity index (χ3n) is 4.71. The number of nitrogens with one attached hydrogen (secondary N) is 2. The van der Waals surface area contributed by atoms with Gasteiger partial charge in [0.05, 0.1) is 27.9 Å². The van der Waals surface area contributed by atoms with Crippen LogP contribution in [-0.2, 0) is 6.54 Å². The van der Waals surface area contributed by atoms with Crippen LogP contribution in [-0.4, -0.2) is 40.4 Å². The van der Waals surface area contributed by atoms with Gasteiger partial charge in [0.2, 0.25) is 5.75 Å². The highest BCUT2D eigenvalue weighted by Gasteiger charge is 2.13. The lowest BCUT2D eigenvalue weighted by Crippen LogP contribution is -2.39. The Kier molecular flexibility index (Phi) is 8.65. The van der Waals surface area contributed by atoms with Gasteiger partial charge in [0.25, 0.3) is 0 Å². The molecule has 6 heteroatoms. The van der Waals surface area contributed by atoms with Crippen molar-refractivity contribution in [3.8, 4) is 17.2 Å². The molecule has 0 fully saturated rings. The van der Waals surface area contributed by atoms with Gasteiger partial charge >= 0.3 is 0 Å². The van der Waals surface area contributed by atoms with Gasteiger partial charge in [-0.1, -0.05) is 36.8 Å². The molecule has 0 aliphatic carbocycles. The van der Waals surface area contributed by atoms with Crippen molar-refractivity contribution in [2.75, 3.05) is 34.4 Å². The number of benzene rings is 2. The monoisotopic (exact) mass is 399 g/mol. The number of rotatable bonds is 9. The summed E-state index contributed by atoms with van der Waals surface area (Å²) in [6.07, 6.45) is 0. The van der Waals surface area contributed by atoms with E-state index in [2.05, 4.69) is 55.7 Å². The molecule has 1 unspecified atom stereocenters. The minimum Gasteiger partial charge on any atom is -0.493 e. The zero-order chi connectivity index (χ0) is 21.2. The second-order valence-electron chi connectivity index (χ2n) is 6.92. The number of methoxy groups -OCH3 is 3. The molecule has 0 saturated heterocycles. The Morgan fingerprint density at radius 1 is 0.966 bits per heavy atom. The van der Waals surface area contributed by atoms with E-state index in [9.17, 15) is 0 Å². The van der Waals surface area contributed by atoms with E-state index in [1.807, 2.05) is 12.1 Å². The number of ether oxygens (including phenoxy) is 3. The van der Waals surface area contributed by atoms with Gasteiger partial charge in [0.1, 0.15) is 0 Å². The van der Waals surface area contributed by atoms with Crippen molar-refractivity contribution >= 4 is 5.96 Å². The van der Waals surface area contributed by atoms with Gasteiger partial charge in [-0.05, 0) is 43.0 Å². The molecule has 2 aromatic carbocycles. The summed E-state index contributed by atoms with van der Waals surface area (Å²) in [7, 11) is 4.82. The molecule has 0 saturated carbocycles. The van der Waals surface area contributed by atoms with Crippen LogP contribution in [0.1, 0.15) is 36.5 Å². The quantitative estimate of drug-likeness (QED) is 0.495. The van der Waals surface area contributed by atoms with Crippen molar-refractivity contribution in [2.45, 2.75) is 33.2 Å². The van der Waals surface area contributed by atoms with Crippen LogP contribution in [0.15, 0.2) is 41.4 Å². The summed E-state index contributed by atoms with van der Waals surface area (Å²) < 4.78 is 16.2. The SMILES string of the molecule is CCNC(=NCc1cc(OC)c(OC)c(OC)c1)NCC(C)c1ccc(C)cc1. The normalized spacial score (nSPS) is 12.3. The molecule has 0 bridgehead atoms. The first kappa shape index (κ1) is 22.4. The maximum atomic E-state index is 5.43. The van der Waals surface area contributed by atoms with E-state index in [4.69, 9.17) is 19.2 Å². The predicted molar refractivity (Wildman–Crippen MR) is 119 cm³/mol. The van der Waals surface area contributed by atoms with Crippen LogP contribution in [0.5, 0.6) is 17.2 Å². The summed E-state index contributed by atoms with van der Waals surface area (Å²) in [6, 6.07) is 12.5. The fourth-order valence-electron chi connectivity index (χ4n) is 3.00. The van der Waals surface area contributed by atoms with Crippen molar-refractivity contribution in [1.82, 2.24) is 10.6 Å². The van der Waals surface area contributed by atoms with Gasteiger partial charge in [-0.25, -0.2) is 4.99 Å². The standard InChI is InChI=1S/C23H33N3O3/c1-7-24-23(25-14-17(3)19-10-8-16(2)9-11-19)26-15-18-12-20(27-4)22(29-6)21(13-18)28-5/h8-13,17H,7,14-15H2,1-6H3,(H2,24,25,26). The van der Waals surface area contributed by atoms with Crippen molar-refractivity contribution in [3.63, 3.8) is 0 Å². The topological polar surface area (TPSA) is 64.1 Å². The predicted octanol–water partition coefficient (Wildman–Crippen LogP) is 3.88. The average molecular weight is 400 g/mol. The molecule has 0 spiro atoms. The Balaban J connectivity index is 2.09. The highest BCUT2D eigenvalue weighted by atomic mass is 16.5. The molecule has 6 nitrogen and oxygen atoms in total. The lowest BCUT2D eigenvalue weighted by Gasteiger charge is -2.17. The summed E-state index contributed by atoms with van der Waals surface area (Å²) in [5.74, 6) is 2.99. The molecule has 158 valence electrons. The Labute approximate surface area is 174 Å². The Morgan fingerprint density at radius 3 is 2.10 bits per heavy atom. The lowest BCUT2D eigenvalue weighted by molar-refractivity contribution is 0.324. The summed E-state index contributed by atoms with van der Waals surface area (Å²) in [5.41, 5.74) is 3.56. The van der Waals surface area contributed by atoms with Crippen molar-refractivity contribution in [1.29, 1.82) is 0 Å². The van der Waals surface area contributed by atoms with E-state index < -0.39 is 0 Å². The Bertz CT molecular complexity index is 779. The fraction of sp³-hybridized carbons (Fsp3) is 0.435. The summed E-state index contributed by atoms with van der Waals surface area (Å²) >= 11 is 0. The number of guanidine groups is 1. The van der Waals surface area contributed by atoms with Crippen LogP contribution in [0.2, 0.25) is 0 Å². The first-order valence-corrected chi connectivity index (χ1v) is 9.90. The van der Waals surface area contributed by atoms with Crippen molar-refractivity contribution in [2.24, 2.45) is 4.99 Å². The number of aryl methyl sites for hydroxylation is 1. The second-order valence-corrected chi connectivity index (χ2v) is 6.92. The molecule has 2 N–H and O–H groups in total. The largest absolute Gasteiger partial charge is 0.493 e. The number of hydrogen-bond acceptors (Lipinski definition) is 4. The fourth-order valence-corrected chi connectivity index (χ4v) is 3.00. The maximum absolute atomic E-state index is 5.43. The van der Waals surface area contributed by atoms with Gasteiger partial charge in [-0.15, -0.1) is 0 Å². The molecule has 0 aliphatic heterocycles. The molecule has 2 aromatic rings. The van der Waals surface area contributed by atoms with E-state index >= 15 is 0 Å². The van der Waals surface area contributed by atoms with Crippen LogP contribution in [0.4, 0.5) is 0 Å². The maximum Gasteiger partial charge on any atom is 0.203 e. The summed E-state index contributed by atoms with van der Waals surface area (Å²) in [4.78, 5) is 4.71. The smallest absolute Gasteiger partial charge is 0.203 e. The van der Waals surface area contributed by atoms with E-state index in [0.717, 1.165) is 24.6 Å². The third kappa shape index (κ3) is 6.31. The molecule has 29 heavy (non-hydrogen) atoms. The van der Waals surface area contributed by atoms with Crippen LogP contribution < -0.4 is 24.8 Å². The summed E-state index contributed by atoms with van der Waals surface area (Å²) in [6.45, 7) is 8.45. The molecular weight excluding hydrogens is 366 g/mol. The van der Waals surface area contributed by atoms with E-state index in [1.54, 1.807) is 21.3 Å². The number of aliphatic imine (C=N–C) groups is 1. The highest BCUT2D eigenvalue weighted by molar-refractivity contribution is 5.79. The van der Waals surface area contributed by atoms with Crippen molar-refractivity contribution < 1.29 is 14.2 Å². The van der Waals surface area contributed by atoms with Crippen LogP contribution in [0.25, 0.3) is 0 Å². The zero-order valence-electron chi connectivity index (χ0n) is 18.3. The zero-order valence-corrected chi connectivity index (χ0v) is 18.3. The molecule has 1 atom stereocenters. The molecule has 0 amide bonds. The molecule has 2 rings (SSSR count). The highest BCUT2D eigenvalue weighted by Crippen LogP contribution is 2.38. The van der Waals surface area contributed by atoms with E-state index in [1.165, 1.54) is 11.1 Å². The minimum absolute atomic E-state index is 0.376. The van der Waals surface area contributed by atoms with E-state index in [-0.39, 0.29) is 0 Å². The molecule has 0 aliphatic rings. The van der Waals surface area contributed by atoms with Gasteiger partial charge in [0, 0.05) is 13.1 Å². The van der Waals surface area contributed by atoms with Gasteiger partial charge in [0.15, 0.2) is 17.5 Å². The van der Waals surface area contributed by atoms with Crippen LogP contribution >= 0.6 is 0 Å². The lowest BCUT2D eigenvalue weighted by atomic mass is 10.0. The molecule has 0 heterocycles. The first-order chi connectivity index (χ1) is 14.0. The van der Waals surface area contributed by atoms with Gasteiger partial charge in [-0.3, -0.25) is 0 Å². The van der Waals surface area contributed by atoms with Crippen LogP contribution in [0.3, 0.4) is 0 Å². The minimum atomic E-state index is 0.376. The Hall–Kier alpha value is -2.89. The van der Waals surface area contributed by atoms with Crippen molar-refractivity contribution in [3.05, 3.63) is 53.1 Å². The van der Waals surface area contributed by atoms with Gasteiger partial charge in [-0.2, -0.15) is 0 Å². The average Bonchev–Trinajstić information content (AvgIpc) is 2.74.